The smallest absolute Gasteiger partial charge is 0.160 e. The number of nitriles is 1. The van der Waals surface area contributed by atoms with Crippen molar-refractivity contribution in [3.05, 3.63) is 228 Å². The van der Waals surface area contributed by atoms with Gasteiger partial charge in [-0.15, -0.1) is 0 Å². The lowest BCUT2D eigenvalue weighted by Gasteiger charge is -2.30. The molecule has 1 atom stereocenters. The van der Waals surface area contributed by atoms with Crippen LogP contribution < -0.4 is 0 Å². The minimum Gasteiger partial charge on any atom is -0.232 e. The summed E-state index contributed by atoms with van der Waals surface area (Å²) in [4.78, 5) is 10.4. The average molecular weight is 726 g/mol. The van der Waals surface area contributed by atoms with Crippen molar-refractivity contribution in [3.8, 4) is 73.2 Å². The van der Waals surface area contributed by atoms with E-state index in [1.165, 1.54) is 50.1 Å². The van der Waals surface area contributed by atoms with Gasteiger partial charge >= 0.3 is 0 Å². The second-order valence-electron chi connectivity index (χ2n) is 15.2. The van der Waals surface area contributed by atoms with Crippen molar-refractivity contribution in [1.82, 2.24) is 9.97 Å². The van der Waals surface area contributed by atoms with Crippen LogP contribution in [0.2, 0.25) is 0 Å². The van der Waals surface area contributed by atoms with E-state index < -0.39 is 5.41 Å². The summed E-state index contributed by atoms with van der Waals surface area (Å²) in [6.07, 6.45) is 9.58. The Morgan fingerprint density at radius 2 is 1.07 bits per heavy atom. The van der Waals surface area contributed by atoms with E-state index in [1.54, 1.807) is 0 Å². The Bertz CT molecular complexity index is 2950. The van der Waals surface area contributed by atoms with Crippen molar-refractivity contribution in [2.75, 3.05) is 0 Å². The summed E-state index contributed by atoms with van der Waals surface area (Å²) in [5, 5.41) is 10.1. The van der Waals surface area contributed by atoms with Crippen molar-refractivity contribution in [2.24, 2.45) is 0 Å². The van der Waals surface area contributed by atoms with E-state index in [4.69, 9.17) is 9.97 Å². The van der Waals surface area contributed by atoms with E-state index in [9.17, 15) is 5.26 Å². The zero-order valence-corrected chi connectivity index (χ0v) is 31.1. The number of nitrogens with zero attached hydrogens (tertiary/aromatic N) is 3. The van der Waals surface area contributed by atoms with Gasteiger partial charge in [-0.3, -0.25) is 0 Å². The Labute approximate surface area is 332 Å². The summed E-state index contributed by atoms with van der Waals surface area (Å²) < 4.78 is 0. The molecule has 0 fully saturated rings. The molecule has 0 saturated heterocycles. The Morgan fingerprint density at radius 1 is 0.474 bits per heavy atom. The second kappa shape index (κ2) is 13.1. The highest BCUT2D eigenvalue weighted by molar-refractivity contribution is 5.96. The molecule has 3 nitrogen and oxygen atoms in total. The van der Waals surface area contributed by atoms with Crippen molar-refractivity contribution < 1.29 is 0 Å². The molecule has 3 aliphatic rings. The van der Waals surface area contributed by atoms with E-state index in [1.807, 2.05) is 12.1 Å². The monoisotopic (exact) mass is 725 g/mol. The maximum absolute atomic E-state index is 10.1. The molecule has 7 aromatic carbocycles. The first-order valence-corrected chi connectivity index (χ1v) is 19.6. The molecular weight excluding hydrogens is 691 g/mol. The van der Waals surface area contributed by atoms with E-state index in [2.05, 4.69) is 188 Å². The molecule has 266 valence electrons. The highest BCUT2D eigenvalue weighted by atomic mass is 14.9. The maximum Gasteiger partial charge on any atom is 0.160 e. The predicted octanol–water partition coefficient (Wildman–Crippen LogP) is 13.0. The molecule has 8 aromatic rings. The van der Waals surface area contributed by atoms with Crippen LogP contribution in [0.5, 0.6) is 0 Å². The molecule has 1 unspecified atom stereocenters. The normalized spacial score (nSPS) is 15.1. The molecule has 11 rings (SSSR count). The highest BCUT2D eigenvalue weighted by Crippen LogP contribution is 2.63. The van der Waals surface area contributed by atoms with Gasteiger partial charge in [-0.25, -0.2) is 9.97 Å². The third-order valence-corrected chi connectivity index (χ3v) is 12.1. The van der Waals surface area contributed by atoms with Gasteiger partial charge in [0.05, 0.1) is 28.4 Å². The maximum atomic E-state index is 10.1. The van der Waals surface area contributed by atoms with Crippen LogP contribution in [0.15, 0.2) is 194 Å². The van der Waals surface area contributed by atoms with Gasteiger partial charge in [0.15, 0.2) is 5.82 Å². The zero-order chi connectivity index (χ0) is 37.9. The molecule has 3 aliphatic carbocycles. The van der Waals surface area contributed by atoms with Gasteiger partial charge in [0.2, 0.25) is 0 Å². The summed E-state index contributed by atoms with van der Waals surface area (Å²) in [6.45, 7) is 0. The fourth-order valence-corrected chi connectivity index (χ4v) is 9.42. The second-order valence-corrected chi connectivity index (χ2v) is 15.2. The van der Waals surface area contributed by atoms with Crippen LogP contribution in [-0.2, 0) is 5.41 Å². The summed E-state index contributed by atoms with van der Waals surface area (Å²) in [7, 11) is 0. The standard InChI is InChI=1S/C54H35N3/c55-34-35-22-28-45-46-29-27-41(32-50(46)54(49(45)30-35)47-20-9-7-18-43(47)44-19-8-10-21-48(44)54)37-23-25-39(26-24-37)52-33-51(38-14-5-2-6-15-38)56-53(57-52)42-17-11-16-40(31-42)36-12-3-1-4-13-36/h1-14,16-33,38H,15H2. The highest BCUT2D eigenvalue weighted by Gasteiger charge is 2.51. The van der Waals surface area contributed by atoms with Crippen LogP contribution in [0.4, 0.5) is 0 Å². The van der Waals surface area contributed by atoms with Gasteiger partial charge in [0.25, 0.3) is 0 Å². The molecule has 0 saturated carbocycles. The molecule has 3 heteroatoms. The predicted molar refractivity (Wildman–Crippen MR) is 230 cm³/mol. The molecule has 0 radical (unpaired) electrons. The minimum absolute atomic E-state index is 0.185. The van der Waals surface area contributed by atoms with Crippen molar-refractivity contribution in [1.29, 1.82) is 5.26 Å². The average Bonchev–Trinajstić information content (AvgIpc) is 3.76. The number of hydrogen-bond acceptors (Lipinski definition) is 3. The quantitative estimate of drug-likeness (QED) is 0.177. The van der Waals surface area contributed by atoms with E-state index in [0.717, 1.165) is 51.5 Å². The van der Waals surface area contributed by atoms with E-state index in [0.29, 0.717) is 5.56 Å². The summed E-state index contributed by atoms with van der Waals surface area (Å²) in [6, 6.07) is 63.1. The topological polar surface area (TPSA) is 49.6 Å². The Morgan fingerprint density at radius 3 is 1.81 bits per heavy atom. The van der Waals surface area contributed by atoms with Crippen LogP contribution in [0.25, 0.3) is 67.2 Å². The zero-order valence-electron chi connectivity index (χ0n) is 31.1. The Balaban J connectivity index is 1.02. The number of fused-ring (bicyclic) bond motifs is 10. The number of aromatic nitrogens is 2. The van der Waals surface area contributed by atoms with Crippen molar-refractivity contribution in [2.45, 2.75) is 17.8 Å². The molecule has 0 amide bonds. The first-order chi connectivity index (χ1) is 28.2. The van der Waals surface area contributed by atoms with Gasteiger partial charge in [-0.1, -0.05) is 164 Å². The molecule has 57 heavy (non-hydrogen) atoms. The molecule has 1 aromatic heterocycles. The fraction of sp³-hybridized carbons (Fsp3) is 0.0556. The molecule has 0 bridgehead atoms. The van der Waals surface area contributed by atoms with Gasteiger partial charge in [-0.2, -0.15) is 5.26 Å². The molecule has 0 N–H and O–H groups in total. The minimum atomic E-state index is -0.519. The first kappa shape index (κ1) is 33.0. The van der Waals surface area contributed by atoms with E-state index in [-0.39, 0.29) is 5.92 Å². The lowest BCUT2D eigenvalue weighted by atomic mass is 9.70. The fourth-order valence-electron chi connectivity index (χ4n) is 9.42. The number of rotatable bonds is 5. The van der Waals surface area contributed by atoms with Crippen LogP contribution in [0, 0.1) is 11.3 Å². The van der Waals surface area contributed by atoms with E-state index >= 15 is 0 Å². The third kappa shape index (κ3) is 5.19. The summed E-state index contributed by atoms with van der Waals surface area (Å²) in [5.74, 6) is 0.914. The lowest BCUT2D eigenvalue weighted by Crippen LogP contribution is -2.26. The SMILES string of the molecule is N#Cc1ccc2c(c1)C1(c3ccccc3-c3ccccc31)c1cc(-c3ccc(-c4cc(C5C=CC=CC5)nc(-c5cccc(-c6ccccc6)c5)n4)cc3)ccc1-2. The number of allylic oxidation sites excluding steroid dienone is 4. The molecule has 1 spiro atoms. The Kier molecular flexibility index (Phi) is 7.59. The Hall–Kier alpha value is -7.41. The summed E-state index contributed by atoms with van der Waals surface area (Å²) >= 11 is 0. The molecule has 1 heterocycles. The largest absolute Gasteiger partial charge is 0.232 e. The van der Waals surface area contributed by atoms with Crippen LogP contribution in [0.1, 0.15) is 45.8 Å². The molecule has 0 aliphatic heterocycles. The summed E-state index contributed by atoms with van der Waals surface area (Å²) in [5.41, 5.74) is 18.6. The van der Waals surface area contributed by atoms with Crippen LogP contribution in [-0.4, -0.2) is 9.97 Å². The van der Waals surface area contributed by atoms with Crippen molar-refractivity contribution >= 4 is 0 Å². The van der Waals surface area contributed by atoms with Crippen LogP contribution >= 0.6 is 0 Å². The van der Waals surface area contributed by atoms with Gasteiger partial charge < -0.3 is 0 Å². The van der Waals surface area contributed by atoms with Gasteiger partial charge in [-0.05, 0) is 104 Å². The number of benzene rings is 7. The lowest BCUT2D eigenvalue weighted by molar-refractivity contribution is 0.793. The van der Waals surface area contributed by atoms with Gasteiger partial charge in [0, 0.05) is 17.0 Å². The third-order valence-electron chi connectivity index (χ3n) is 12.1. The number of hydrogen-bond donors (Lipinski definition) is 0. The first-order valence-electron chi connectivity index (χ1n) is 19.6. The molecular formula is C54H35N3. The van der Waals surface area contributed by atoms with Crippen LogP contribution in [0.3, 0.4) is 0 Å². The van der Waals surface area contributed by atoms with Crippen molar-refractivity contribution in [3.63, 3.8) is 0 Å². The van der Waals surface area contributed by atoms with Gasteiger partial charge in [0.1, 0.15) is 0 Å².